The molecule has 0 fully saturated rings. The lowest BCUT2D eigenvalue weighted by atomic mass is 10.1. The van der Waals surface area contributed by atoms with Crippen molar-refractivity contribution < 1.29 is 4.39 Å². The van der Waals surface area contributed by atoms with Gasteiger partial charge in [0, 0.05) is 22.5 Å². The smallest absolute Gasteiger partial charge is 0.126 e. The average Bonchev–Trinajstić information content (AvgIpc) is 2.82. The summed E-state index contributed by atoms with van der Waals surface area (Å²) in [6, 6.07) is 5.33. The number of rotatable bonds is 4. The van der Waals surface area contributed by atoms with E-state index in [0.29, 0.717) is 5.56 Å². The number of hydrogen-bond donors (Lipinski definition) is 1. The Bertz CT molecular complexity index is 626. The summed E-state index contributed by atoms with van der Waals surface area (Å²) in [5.74, 6) is -0.171. The van der Waals surface area contributed by atoms with Gasteiger partial charge in [0.05, 0.1) is 5.69 Å². The molecule has 0 bridgehead atoms. The fraction of sp³-hybridized carbons (Fsp3) is 0.471. The summed E-state index contributed by atoms with van der Waals surface area (Å²) in [5.41, 5.74) is 2.71. The summed E-state index contributed by atoms with van der Waals surface area (Å²) < 4.78 is 13.7. The first-order valence-electron chi connectivity index (χ1n) is 7.30. The topological polar surface area (TPSA) is 24.9 Å². The molecule has 4 heteroatoms. The normalized spacial score (nSPS) is 11.9. The number of hydrogen-bond acceptors (Lipinski definition) is 3. The van der Waals surface area contributed by atoms with Crippen molar-refractivity contribution in [2.75, 3.05) is 0 Å². The summed E-state index contributed by atoms with van der Waals surface area (Å²) in [7, 11) is 0. The maximum atomic E-state index is 13.7. The van der Waals surface area contributed by atoms with E-state index in [4.69, 9.17) is 0 Å². The molecular weight excluding hydrogens is 283 g/mol. The summed E-state index contributed by atoms with van der Waals surface area (Å²) >= 11 is 1.65. The van der Waals surface area contributed by atoms with Crippen molar-refractivity contribution in [3.05, 3.63) is 40.2 Å². The number of nitrogens with one attached hydrogen (secondary N) is 1. The molecule has 0 radical (unpaired) electrons. The van der Waals surface area contributed by atoms with Crippen molar-refractivity contribution in [1.82, 2.24) is 10.3 Å². The van der Waals surface area contributed by atoms with Crippen molar-refractivity contribution in [3.8, 4) is 10.6 Å². The number of aromatic nitrogens is 1. The van der Waals surface area contributed by atoms with Gasteiger partial charge in [-0.3, -0.25) is 0 Å². The van der Waals surface area contributed by atoms with Crippen LogP contribution in [0.5, 0.6) is 0 Å². The Kier molecular flexibility index (Phi) is 4.79. The van der Waals surface area contributed by atoms with Gasteiger partial charge in [0.1, 0.15) is 10.8 Å². The zero-order valence-corrected chi connectivity index (χ0v) is 14.2. The molecule has 21 heavy (non-hydrogen) atoms. The highest BCUT2D eigenvalue weighted by Gasteiger charge is 2.15. The molecule has 0 saturated heterocycles. The van der Waals surface area contributed by atoms with E-state index < -0.39 is 0 Å². The minimum atomic E-state index is -0.171. The SMILES string of the molecule is CCc1nc(-c2ccc(C)c(F)c2)sc1CNC(C)(C)C. The van der Waals surface area contributed by atoms with Crippen LogP contribution in [0, 0.1) is 12.7 Å². The molecule has 1 aromatic carbocycles. The monoisotopic (exact) mass is 306 g/mol. The standard InChI is InChI=1S/C17H23FN2S/c1-6-14-15(10-19-17(3,4)5)21-16(20-14)12-8-7-11(2)13(18)9-12/h7-9,19H,6,10H2,1-5H3. The van der Waals surface area contributed by atoms with E-state index in [1.807, 2.05) is 12.1 Å². The number of aryl methyl sites for hydroxylation is 2. The largest absolute Gasteiger partial charge is 0.307 e. The Hall–Kier alpha value is -1.26. The molecular formula is C17H23FN2S. The molecule has 2 aromatic rings. The summed E-state index contributed by atoms with van der Waals surface area (Å²) in [4.78, 5) is 5.92. The predicted octanol–water partition coefficient (Wildman–Crippen LogP) is 4.71. The molecule has 1 aromatic heterocycles. The second-order valence-electron chi connectivity index (χ2n) is 6.31. The molecule has 0 amide bonds. The van der Waals surface area contributed by atoms with Gasteiger partial charge < -0.3 is 5.32 Å². The van der Waals surface area contributed by atoms with Crippen molar-refractivity contribution >= 4 is 11.3 Å². The van der Waals surface area contributed by atoms with Crippen LogP contribution in [0.3, 0.4) is 0 Å². The molecule has 2 rings (SSSR count). The van der Waals surface area contributed by atoms with Gasteiger partial charge in [-0.2, -0.15) is 0 Å². The molecule has 2 nitrogen and oxygen atoms in total. The van der Waals surface area contributed by atoms with Crippen LogP contribution in [0.4, 0.5) is 4.39 Å². The lowest BCUT2D eigenvalue weighted by Gasteiger charge is -2.20. The van der Waals surface area contributed by atoms with E-state index in [1.165, 1.54) is 4.88 Å². The molecule has 0 spiro atoms. The summed E-state index contributed by atoms with van der Waals surface area (Å²) in [6.45, 7) is 11.1. The van der Waals surface area contributed by atoms with Gasteiger partial charge in [0.25, 0.3) is 0 Å². The first-order chi connectivity index (χ1) is 9.80. The maximum absolute atomic E-state index is 13.7. The van der Waals surface area contributed by atoms with Gasteiger partial charge in [0.2, 0.25) is 0 Å². The van der Waals surface area contributed by atoms with Crippen LogP contribution in [0.25, 0.3) is 10.6 Å². The molecule has 0 aliphatic heterocycles. The third-order valence-electron chi connectivity index (χ3n) is 3.31. The van der Waals surface area contributed by atoms with Crippen molar-refractivity contribution in [2.24, 2.45) is 0 Å². The molecule has 0 unspecified atom stereocenters. The fourth-order valence-corrected chi connectivity index (χ4v) is 3.08. The third kappa shape index (κ3) is 4.11. The highest BCUT2D eigenvalue weighted by Crippen LogP contribution is 2.29. The third-order valence-corrected chi connectivity index (χ3v) is 4.46. The van der Waals surface area contributed by atoms with E-state index >= 15 is 0 Å². The van der Waals surface area contributed by atoms with Crippen LogP contribution >= 0.6 is 11.3 Å². The van der Waals surface area contributed by atoms with Crippen LogP contribution in [0.1, 0.15) is 43.8 Å². The molecule has 1 heterocycles. The molecule has 0 aliphatic rings. The minimum absolute atomic E-state index is 0.0745. The fourth-order valence-electron chi connectivity index (χ4n) is 1.99. The van der Waals surface area contributed by atoms with Gasteiger partial charge in [-0.15, -0.1) is 11.3 Å². The van der Waals surface area contributed by atoms with Crippen LogP contribution in [0.15, 0.2) is 18.2 Å². The number of nitrogens with zero attached hydrogens (tertiary/aromatic N) is 1. The van der Waals surface area contributed by atoms with E-state index in [0.717, 1.165) is 29.2 Å². The average molecular weight is 306 g/mol. The van der Waals surface area contributed by atoms with Crippen LogP contribution in [-0.2, 0) is 13.0 Å². The van der Waals surface area contributed by atoms with Gasteiger partial charge >= 0.3 is 0 Å². The Balaban J connectivity index is 2.29. The van der Waals surface area contributed by atoms with E-state index in [9.17, 15) is 4.39 Å². The molecule has 114 valence electrons. The first-order valence-corrected chi connectivity index (χ1v) is 8.12. The molecule has 0 aliphatic carbocycles. The van der Waals surface area contributed by atoms with E-state index in [1.54, 1.807) is 24.3 Å². The number of halogens is 1. The Morgan fingerprint density at radius 2 is 2.00 bits per heavy atom. The zero-order chi connectivity index (χ0) is 15.6. The van der Waals surface area contributed by atoms with Crippen LogP contribution < -0.4 is 5.32 Å². The van der Waals surface area contributed by atoms with E-state index in [2.05, 4.69) is 38.0 Å². The Morgan fingerprint density at radius 3 is 2.57 bits per heavy atom. The molecule has 0 atom stereocenters. The Morgan fingerprint density at radius 1 is 1.29 bits per heavy atom. The summed E-state index contributed by atoms with van der Waals surface area (Å²) in [5, 5.41) is 4.39. The Labute approximate surface area is 130 Å². The van der Waals surface area contributed by atoms with Crippen molar-refractivity contribution in [3.63, 3.8) is 0 Å². The number of benzene rings is 1. The summed E-state index contributed by atoms with van der Waals surface area (Å²) in [6.07, 6.45) is 0.895. The zero-order valence-electron chi connectivity index (χ0n) is 13.4. The van der Waals surface area contributed by atoms with Crippen molar-refractivity contribution in [1.29, 1.82) is 0 Å². The number of thiazole rings is 1. The second kappa shape index (κ2) is 6.24. The van der Waals surface area contributed by atoms with Crippen LogP contribution in [0.2, 0.25) is 0 Å². The predicted molar refractivity (Wildman–Crippen MR) is 88.2 cm³/mol. The highest BCUT2D eigenvalue weighted by atomic mass is 32.1. The second-order valence-corrected chi connectivity index (χ2v) is 7.39. The van der Waals surface area contributed by atoms with E-state index in [-0.39, 0.29) is 11.4 Å². The molecule has 1 N–H and O–H groups in total. The quantitative estimate of drug-likeness (QED) is 0.885. The van der Waals surface area contributed by atoms with Crippen LogP contribution in [-0.4, -0.2) is 10.5 Å². The first kappa shape index (κ1) is 16.1. The highest BCUT2D eigenvalue weighted by molar-refractivity contribution is 7.15. The lowest BCUT2D eigenvalue weighted by molar-refractivity contribution is 0.425. The van der Waals surface area contributed by atoms with Gasteiger partial charge in [-0.25, -0.2) is 9.37 Å². The van der Waals surface area contributed by atoms with Gasteiger partial charge in [-0.1, -0.05) is 19.1 Å². The lowest BCUT2D eigenvalue weighted by Crippen LogP contribution is -2.35. The van der Waals surface area contributed by atoms with Gasteiger partial charge in [0.15, 0.2) is 0 Å². The molecule has 0 saturated carbocycles. The van der Waals surface area contributed by atoms with Crippen molar-refractivity contribution in [2.45, 2.75) is 53.1 Å². The minimum Gasteiger partial charge on any atom is -0.307 e. The maximum Gasteiger partial charge on any atom is 0.126 e. The van der Waals surface area contributed by atoms with Gasteiger partial charge in [-0.05, 0) is 45.7 Å².